The van der Waals surface area contributed by atoms with Crippen LogP contribution in [-0.4, -0.2) is 43.9 Å². The summed E-state index contributed by atoms with van der Waals surface area (Å²) in [7, 11) is 4.07. The molecule has 2 N–H and O–H groups in total. The molecule has 0 aromatic heterocycles. The summed E-state index contributed by atoms with van der Waals surface area (Å²) >= 11 is 0. The highest BCUT2D eigenvalue weighted by atomic mass is 16.2. The number of rotatable bonds is 7. The molecule has 1 aromatic carbocycles. The number of benzene rings is 1. The molecule has 1 saturated carbocycles. The second kappa shape index (κ2) is 9.72. The van der Waals surface area contributed by atoms with Gasteiger partial charge in [0, 0.05) is 24.1 Å². The number of nitrogens with zero attached hydrogens (tertiary/aromatic N) is 1. The predicted octanol–water partition coefficient (Wildman–Crippen LogP) is 3.12. The lowest BCUT2D eigenvalue weighted by molar-refractivity contribution is -0.128. The van der Waals surface area contributed by atoms with Crippen molar-refractivity contribution < 1.29 is 9.59 Å². The third-order valence-electron chi connectivity index (χ3n) is 5.28. The zero-order chi connectivity index (χ0) is 19.1. The summed E-state index contributed by atoms with van der Waals surface area (Å²) in [6.45, 7) is 5.73. The second-order valence-corrected chi connectivity index (χ2v) is 7.75. The number of nitrogens with one attached hydrogen (secondary N) is 2. The summed E-state index contributed by atoms with van der Waals surface area (Å²) in [6.07, 6.45) is 4.13. The Morgan fingerprint density at radius 3 is 2.08 bits per heavy atom. The maximum atomic E-state index is 12.6. The summed E-state index contributed by atoms with van der Waals surface area (Å²) in [5.41, 5.74) is 3.10. The van der Waals surface area contributed by atoms with Crippen molar-refractivity contribution in [2.45, 2.75) is 46.0 Å². The van der Waals surface area contributed by atoms with Gasteiger partial charge in [0.15, 0.2) is 0 Å². The number of hydrogen-bond acceptors (Lipinski definition) is 3. The Balaban J connectivity index is 1.77. The molecule has 0 radical (unpaired) electrons. The molecule has 5 heteroatoms. The highest BCUT2D eigenvalue weighted by Gasteiger charge is 2.30. The first-order valence-corrected chi connectivity index (χ1v) is 9.68. The van der Waals surface area contributed by atoms with E-state index >= 15 is 0 Å². The van der Waals surface area contributed by atoms with Crippen LogP contribution in [0, 0.1) is 25.7 Å². The molecule has 1 aromatic rings. The molecule has 0 bridgehead atoms. The van der Waals surface area contributed by atoms with E-state index in [1.54, 1.807) is 0 Å². The van der Waals surface area contributed by atoms with Gasteiger partial charge in [-0.1, -0.05) is 18.2 Å². The van der Waals surface area contributed by atoms with E-state index in [-0.39, 0.29) is 23.7 Å². The van der Waals surface area contributed by atoms with Crippen molar-refractivity contribution >= 4 is 17.5 Å². The minimum atomic E-state index is 0.00629. The second-order valence-electron chi connectivity index (χ2n) is 7.75. The van der Waals surface area contributed by atoms with Gasteiger partial charge in [0.2, 0.25) is 11.8 Å². The summed E-state index contributed by atoms with van der Waals surface area (Å²) in [5.74, 6) is 0.301. The standard InChI is InChI=1S/C21H33N3O2/c1-15-7-5-8-16(2)19(15)23-21(26)18-11-9-17(10-12-18)20(25)22-13-6-14-24(3)4/h5,7-8,17-18H,6,9-14H2,1-4H3,(H,22,25)(H,23,26). The number of hydrogen-bond donors (Lipinski definition) is 2. The molecule has 0 heterocycles. The van der Waals surface area contributed by atoms with Gasteiger partial charge in [0.1, 0.15) is 0 Å². The van der Waals surface area contributed by atoms with Gasteiger partial charge in [-0.15, -0.1) is 0 Å². The van der Waals surface area contributed by atoms with Gasteiger partial charge in [-0.2, -0.15) is 0 Å². The topological polar surface area (TPSA) is 61.4 Å². The first kappa shape index (κ1) is 20.4. The molecular weight excluding hydrogens is 326 g/mol. The fourth-order valence-electron chi connectivity index (χ4n) is 3.61. The van der Waals surface area contributed by atoms with Crippen molar-refractivity contribution in [2.24, 2.45) is 11.8 Å². The van der Waals surface area contributed by atoms with E-state index in [2.05, 4.69) is 15.5 Å². The van der Waals surface area contributed by atoms with Crippen LogP contribution in [-0.2, 0) is 9.59 Å². The van der Waals surface area contributed by atoms with E-state index in [0.29, 0.717) is 0 Å². The summed E-state index contributed by atoms with van der Waals surface area (Å²) in [6, 6.07) is 6.03. The van der Waals surface area contributed by atoms with Crippen LogP contribution in [0.15, 0.2) is 18.2 Å². The lowest BCUT2D eigenvalue weighted by Gasteiger charge is -2.27. The van der Waals surface area contributed by atoms with Crippen LogP contribution in [0.2, 0.25) is 0 Å². The minimum Gasteiger partial charge on any atom is -0.356 e. The average Bonchev–Trinajstić information content (AvgIpc) is 2.61. The van der Waals surface area contributed by atoms with Crippen molar-refractivity contribution in [1.82, 2.24) is 10.2 Å². The van der Waals surface area contributed by atoms with Gasteiger partial charge < -0.3 is 15.5 Å². The SMILES string of the molecule is Cc1cccc(C)c1NC(=O)C1CCC(C(=O)NCCCN(C)C)CC1. The molecule has 26 heavy (non-hydrogen) atoms. The van der Waals surface area contributed by atoms with E-state index in [9.17, 15) is 9.59 Å². The van der Waals surface area contributed by atoms with Crippen LogP contribution in [0.1, 0.15) is 43.2 Å². The molecule has 1 fully saturated rings. The lowest BCUT2D eigenvalue weighted by Crippen LogP contribution is -2.36. The van der Waals surface area contributed by atoms with E-state index in [0.717, 1.165) is 62.0 Å². The van der Waals surface area contributed by atoms with Crippen LogP contribution < -0.4 is 10.6 Å². The number of para-hydroxylation sites is 1. The fraction of sp³-hybridized carbons (Fsp3) is 0.619. The van der Waals surface area contributed by atoms with E-state index in [4.69, 9.17) is 0 Å². The smallest absolute Gasteiger partial charge is 0.227 e. The van der Waals surface area contributed by atoms with Gasteiger partial charge in [-0.05, 0) is 77.7 Å². The predicted molar refractivity (Wildman–Crippen MR) is 106 cm³/mol. The normalized spacial score (nSPS) is 20.0. The maximum absolute atomic E-state index is 12.6. The summed E-state index contributed by atoms with van der Waals surface area (Å²) in [5, 5.41) is 6.14. The highest BCUT2D eigenvalue weighted by Crippen LogP contribution is 2.30. The number of amides is 2. The number of anilines is 1. The van der Waals surface area contributed by atoms with Crippen LogP contribution in [0.5, 0.6) is 0 Å². The molecule has 144 valence electrons. The molecule has 5 nitrogen and oxygen atoms in total. The van der Waals surface area contributed by atoms with E-state index in [1.807, 2.05) is 46.1 Å². The molecular formula is C21H33N3O2. The fourth-order valence-corrected chi connectivity index (χ4v) is 3.61. The average molecular weight is 360 g/mol. The molecule has 2 amide bonds. The molecule has 1 aliphatic rings. The molecule has 2 rings (SSSR count). The molecule has 0 saturated heterocycles. The molecule has 0 unspecified atom stereocenters. The summed E-state index contributed by atoms with van der Waals surface area (Å²) < 4.78 is 0. The van der Waals surface area contributed by atoms with Gasteiger partial charge in [0.05, 0.1) is 0 Å². The molecule has 0 aliphatic heterocycles. The van der Waals surface area contributed by atoms with Crippen LogP contribution in [0.25, 0.3) is 0 Å². The Hall–Kier alpha value is -1.88. The zero-order valence-electron chi connectivity index (χ0n) is 16.6. The maximum Gasteiger partial charge on any atom is 0.227 e. The van der Waals surface area contributed by atoms with Crippen LogP contribution in [0.4, 0.5) is 5.69 Å². The van der Waals surface area contributed by atoms with Crippen molar-refractivity contribution in [3.05, 3.63) is 29.3 Å². The number of carbonyl (C=O) groups is 2. The number of aryl methyl sites for hydroxylation is 2. The third-order valence-corrected chi connectivity index (χ3v) is 5.28. The minimum absolute atomic E-state index is 0.00629. The van der Waals surface area contributed by atoms with Crippen LogP contribution in [0.3, 0.4) is 0 Å². The highest BCUT2D eigenvalue weighted by molar-refractivity contribution is 5.94. The van der Waals surface area contributed by atoms with Crippen LogP contribution >= 0.6 is 0 Å². The summed E-state index contributed by atoms with van der Waals surface area (Å²) in [4.78, 5) is 27.0. The molecule has 1 aliphatic carbocycles. The quantitative estimate of drug-likeness (QED) is 0.736. The third kappa shape index (κ3) is 5.84. The van der Waals surface area contributed by atoms with E-state index < -0.39 is 0 Å². The largest absolute Gasteiger partial charge is 0.356 e. The molecule has 0 atom stereocenters. The Kier molecular flexibility index (Phi) is 7.64. The zero-order valence-corrected chi connectivity index (χ0v) is 16.6. The Morgan fingerprint density at radius 2 is 1.54 bits per heavy atom. The van der Waals surface area contributed by atoms with Crippen molar-refractivity contribution in [3.63, 3.8) is 0 Å². The Morgan fingerprint density at radius 1 is 1.00 bits per heavy atom. The first-order chi connectivity index (χ1) is 12.4. The first-order valence-electron chi connectivity index (χ1n) is 9.68. The van der Waals surface area contributed by atoms with Crippen molar-refractivity contribution in [2.75, 3.05) is 32.5 Å². The van der Waals surface area contributed by atoms with Gasteiger partial charge >= 0.3 is 0 Å². The lowest BCUT2D eigenvalue weighted by atomic mass is 9.81. The molecule has 0 spiro atoms. The monoisotopic (exact) mass is 359 g/mol. The van der Waals surface area contributed by atoms with Gasteiger partial charge in [-0.25, -0.2) is 0 Å². The van der Waals surface area contributed by atoms with Gasteiger partial charge in [0.25, 0.3) is 0 Å². The van der Waals surface area contributed by atoms with Crippen molar-refractivity contribution in [1.29, 1.82) is 0 Å². The van der Waals surface area contributed by atoms with Gasteiger partial charge in [-0.3, -0.25) is 9.59 Å². The Bertz CT molecular complexity index is 599. The van der Waals surface area contributed by atoms with E-state index in [1.165, 1.54) is 0 Å². The number of carbonyl (C=O) groups excluding carboxylic acids is 2. The van der Waals surface area contributed by atoms with Crippen molar-refractivity contribution in [3.8, 4) is 0 Å². The Labute approximate surface area is 157 Å².